The SMILES string of the molecule is CCOC(=O)C(C)=C[C@H](C(C)C)N(C)C(=O)[C@@H](NC(=O)C(NC)C1(c2ccccc2)CCCCC1)C(C)(C)C. The average molecular weight is 542 g/mol. The zero-order chi connectivity index (χ0) is 29.4. The maximum Gasteiger partial charge on any atom is 0.333 e. The molecular formula is C32H51N3O4. The molecule has 1 aromatic carbocycles. The number of amides is 2. The lowest BCUT2D eigenvalue weighted by atomic mass is 9.64. The van der Waals surface area contributed by atoms with Gasteiger partial charge in [0.2, 0.25) is 11.8 Å². The van der Waals surface area contributed by atoms with Crippen LogP contribution in [-0.4, -0.2) is 61.5 Å². The number of rotatable bonds is 11. The smallest absolute Gasteiger partial charge is 0.333 e. The Morgan fingerprint density at radius 3 is 2.15 bits per heavy atom. The summed E-state index contributed by atoms with van der Waals surface area (Å²) in [4.78, 5) is 42.0. The first-order valence-electron chi connectivity index (χ1n) is 14.5. The highest BCUT2D eigenvalue weighted by Crippen LogP contribution is 2.42. The van der Waals surface area contributed by atoms with Crippen molar-refractivity contribution in [1.82, 2.24) is 15.5 Å². The van der Waals surface area contributed by atoms with Crippen molar-refractivity contribution in [3.63, 3.8) is 0 Å². The summed E-state index contributed by atoms with van der Waals surface area (Å²) in [6.45, 7) is 13.7. The van der Waals surface area contributed by atoms with Crippen molar-refractivity contribution in [1.29, 1.82) is 0 Å². The molecule has 0 aromatic heterocycles. The highest BCUT2D eigenvalue weighted by molar-refractivity contribution is 5.92. The molecule has 0 heterocycles. The summed E-state index contributed by atoms with van der Waals surface area (Å²) in [7, 11) is 3.58. The largest absolute Gasteiger partial charge is 0.463 e. The highest BCUT2D eigenvalue weighted by atomic mass is 16.5. The van der Waals surface area contributed by atoms with Gasteiger partial charge in [0.25, 0.3) is 0 Å². The van der Waals surface area contributed by atoms with Crippen molar-refractivity contribution in [2.24, 2.45) is 11.3 Å². The first-order chi connectivity index (χ1) is 18.3. The van der Waals surface area contributed by atoms with E-state index in [0.29, 0.717) is 12.2 Å². The van der Waals surface area contributed by atoms with E-state index >= 15 is 0 Å². The van der Waals surface area contributed by atoms with E-state index in [1.807, 2.05) is 59.9 Å². The van der Waals surface area contributed by atoms with Gasteiger partial charge in [-0.1, -0.05) is 90.3 Å². The fourth-order valence-electron chi connectivity index (χ4n) is 5.90. The van der Waals surface area contributed by atoms with Crippen LogP contribution in [-0.2, 0) is 24.5 Å². The molecule has 0 aliphatic heterocycles. The molecule has 7 heteroatoms. The minimum atomic E-state index is -0.750. The number of hydrogen-bond donors (Lipinski definition) is 2. The van der Waals surface area contributed by atoms with E-state index in [1.165, 1.54) is 0 Å². The number of nitrogens with one attached hydrogen (secondary N) is 2. The molecule has 0 bridgehead atoms. The Morgan fingerprint density at radius 2 is 1.67 bits per heavy atom. The van der Waals surface area contributed by atoms with Crippen molar-refractivity contribution < 1.29 is 19.1 Å². The molecule has 1 aromatic rings. The number of carbonyl (C=O) groups is 3. The minimum absolute atomic E-state index is 0.0493. The minimum Gasteiger partial charge on any atom is -0.463 e. The van der Waals surface area contributed by atoms with Crippen LogP contribution in [0.5, 0.6) is 0 Å². The van der Waals surface area contributed by atoms with E-state index < -0.39 is 17.5 Å². The van der Waals surface area contributed by atoms with Gasteiger partial charge in [-0.05, 0) is 50.6 Å². The predicted octanol–water partition coefficient (Wildman–Crippen LogP) is 5.00. The van der Waals surface area contributed by atoms with E-state index in [9.17, 15) is 14.4 Å². The Morgan fingerprint density at radius 1 is 1.08 bits per heavy atom. The van der Waals surface area contributed by atoms with E-state index in [-0.39, 0.29) is 35.2 Å². The molecule has 0 spiro atoms. The molecule has 218 valence electrons. The third-order valence-electron chi connectivity index (χ3n) is 8.09. The third kappa shape index (κ3) is 7.93. The lowest BCUT2D eigenvalue weighted by molar-refractivity contribution is -0.141. The van der Waals surface area contributed by atoms with Crippen LogP contribution in [0.2, 0.25) is 0 Å². The molecule has 1 fully saturated rings. The topological polar surface area (TPSA) is 87.7 Å². The summed E-state index contributed by atoms with van der Waals surface area (Å²) in [6, 6.07) is 8.74. The summed E-state index contributed by atoms with van der Waals surface area (Å²) in [5.41, 5.74) is 0.751. The van der Waals surface area contributed by atoms with Gasteiger partial charge in [-0.2, -0.15) is 0 Å². The van der Waals surface area contributed by atoms with E-state index in [1.54, 1.807) is 31.9 Å². The average Bonchev–Trinajstić information content (AvgIpc) is 2.90. The molecule has 2 rings (SSSR count). The van der Waals surface area contributed by atoms with Crippen LogP contribution in [0.25, 0.3) is 0 Å². The standard InChI is InChI=1S/C32H51N3O4/c1-10-39-30(38)23(4)21-25(22(2)3)35(9)29(37)27(31(5,6)7)34-28(36)26(33-8)32(19-15-12-16-20-32)24-17-13-11-14-18-24/h11,13-14,17-18,21-22,25-27,33H,10,12,15-16,19-20H2,1-9H3,(H,34,36)/t25-,26?,27-/m1/s1. The molecule has 1 aliphatic rings. The molecule has 2 amide bonds. The van der Waals surface area contributed by atoms with Gasteiger partial charge < -0.3 is 20.3 Å². The number of carbonyl (C=O) groups excluding carboxylic acids is 3. The maximum atomic E-state index is 14.1. The van der Waals surface area contributed by atoms with Gasteiger partial charge in [0, 0.05) is 18.0 Å². The number of likely N-dealkylation sites (N-methyl/N-ethyl adjacent to an activating group) is 2. The van der Waals surface area contributed by atoms with Gasteiger partial charge >= 0.3 is 5.97 Å². The van der Waals surface area contributed by atoms with Crippen LogP contribution in [0.3, 0.4) is 0 Å². The normalized spacial score (nSPS) is 18.2. The lowest BCUT2D eigenvalue weighted by Gasteiger charge is -2.44. The van der Waals surface area contributed by atoms with Crippen LogP contribution < -0.4 is 10.6 Å². The summed E-state index contributed by atoms with van der Waals surface area (Å²) < 4.78 is 5.15. The lowest BCUT2D eigenvalue weighted by Crippen LogP contribution is -2.62. The fraction of sp³-hybridized carbons (Fsp3) is 0.656. The van der Waals surface area contributed by atoms with Crippen molar-refractivity contribution in [2.45, 2.75) is 104 Å². The van der Waals surface area contributed by atoms with Crippen molar-refractivity contribution in [3.8, 4) is 0 Å². The Bertz CT molecular complexity index is 990. The first kappa shape index (κ1) is 32.5. The maximum absolute atomic E-state index is 14.1. The van der Waals surface area contributed by atoms with Crippen LogP contribution in [0.15, 0.2) is 42.0 Å². The molecular weight excluding hydrogens is 490 g/mol. The Hall–Kier alpha value is -2.67. The van der Waals surface area contributed by atoms with E-state index in [0.717, 1.165) is 37.7 Å². The van der Waals surface area contributed by atoms with E-state index in [4.69, 9.17) is 4.74 Å². The van der Waals surface area contributed by atoms with Gasteiger partial charge in [-0.15, -0.1) is 0 Å². The molecule has 7 nitrogen and oxygen atoms in total. The van der Waals surface area contributed by atoms with Crippen molar-refractivity contribution in [2.75, 3.05) is 20.7 Å². The summed E-state index contributed by atoms with van der Waals surface area (Å²) in [6.07, 6.45) is 6.91. The predicted molar refractivity (Wildman–Crippen MR) is 157 cm³/mol. The van der Waals surface area contributed by atoms with Gasteiger partial charge in [-0.3, -0.25) is 9.59 Å². The Labute approximate surface area is 236 Å². The van der Waals surface area contributed by atoms with Crippen molar-refractivity contribution >= 4 is 17.8 Å². The van der Waals surface area contributed by atoms with Crippen LogP contribution in [0.4, 0.5) is 0 Å². The monoisotopic (exact) mass is 541 g/mol. The fourth-order valence-corrected chi connectivity index (χ4v) is 5.90. The molecule has 3 atom stereocenters. The number of ether oxygens (including phenoxy) is 1. The second-order valence-corrected chi connectivity index (χ2v) is 12.4. The molecule has 1 unspecified atom stereocenters. The van der Waals surface area contributed by atoms with Gasteiger partial charge in [-0.25, -0.2) is 4.79 Å². The molecule has 39 heavy (non-hydrogen) atoms. The summed E-state index contributed by atoms with van der Waals surface area (Å²) >= 11 is 0. The number of nitrogens with zero attached hydrogens (tertiary/aromatic N) is 1. The summed E-state index contributed by atoms with van der Waals surface area (Å²) in [5.74, 6) is -0.687. The van der Waals surface area contributed by atoms with Crippen LogP contribution in [0, 0.1) is 11.3 Å². The second kappa shape index (κ2) is 14.1. The zero-order valence-electron chi connectivity index (χ0n) is 25.6. The highest BCUT2D eigenvalue weighted by Gasteiger charge is 2.46. The van der Waals surface area contributed by atoms with Crippen LogP contribution in [0.1, 0.15) is 86.1 Å². The third-order valence-corrected chi connectivity index (χ3v) is 8.09. The number of esters is 1. The summed E-state index contributed by atoms with van der Waals surface area (Å²) in [5, 5.41) is 6.50. The zero-order valence-corrected chi connectivity index (χ0v) is 25.6. The van der Waals surface area contributed by atoms with Gasteiger partial charge in [0.05, 0.1) is 18.7 Å². The van der Waals surface area contributed by atoms with Gasteiger partial charge in [0.15, 0.2) is 0 Å². The molecule has 0 saturated heterocycles. The van der Waals surface area contributed by atoms with Crippen molar-refractivity contribution in [3.05, 3.63) is 47.5 Å². The van der Waals surface area contributed by atoms with Gasteiger partial charge in [0.1, 0.15) is 6.04 Å². The second-order valence-electron chi connectivity index (χ2n) is 12.4. The Balaban J connectivity index is 2.40. The first-order valence-corrected chi connectivity index (χ1v) is 14.5. The van der Waals surface area contributed by atoms with E-state index in [2.05, 4.69) is 22.8 Å². The Kier molecular flexibility index (Phi) is 11.8. The number of hydrogen-bond acceptors (Lipinski definition) is 5. The molecule has 1 aliphatic carbocycles. The molecule has 0 radical (unpaired) electrons. The molecule has 2 N–H and O–H groups in total. The quantitative estimate of drug-likeness (QED) is 0.304. The molecule has 1 saturated carbocycles. The van der Waals surface area contributed by atoms with Crippen LogP contribution >= 0.6 is 0 Å². The number of benzene rings is 1.